The highest BCUT2D eigenvalue weighted by Gasteiger charge is 2.53. The van der Waals surface area contributed by atoms with Gasteiger partial charge in [-0.15, -0.1) is 11.3 Å². The van der Waals surface area contributed by atoms with E-state index in [1.54, 1.807) is 6.07 Å². The number of benzene rings is 1. The average molecular weight is 333 g/mol. The number of carbonyl (C=O) groups excluding carboxylic acids is 1. The summed E-state index contributed by atoms with van der Waals surface area (Å²) in [5, 5.41) is 15.5. The number of thiazole rings is 1. The summed E-state index contributed by atoms with van der Waals surface area (Å²) in [5.74, 6) is 0.450. The monoisotopic (exact) mass is 333 g/mol. The van der Waals surface area contributed by atoms with Crippen LogP contribution < -0.4 is 14.8 Å². The smallest absolute Gasteiger partial charge is 0.236 e. The summed E-state index contributed by atoms with van der Waals surface area (Å²) >= 11 is 1.28. The fourth-order valence-corrected chi connectivity index (χ4v) is 3.14. The van der Waals surface area contributed by atoms with E-state index in [0.717, 1.165) is 5.56 Å². The zero-order valence-electron chi connectivity index (χ0n) is 11.7. The van der Waals surface area contributed by atoms with Crippen molar-refractivity contribution in [3.63, 3.8) is 0 Å². The van der Waals surface area contributed by atoms with E-state index >= 15 is 0 Å². The third-order valence-corrected chi connectivity index (χ3v) is 4.52. The van der Waals surface area contributed by atoms with Crippen LogP contribution in [0.15, 0.2) is 23.6 Å². The molecular formula is C14H11N3O5S. The molecular weight excluding hydrogens is 322 g/mol. The Morgan fingerprint density at radius 2 is 2.22 bits per heavy atom. The summed E-state index contributed by atoms with van der Waals surface area (Å²) in [6.07, 6.45) is 0.291. The summed E-state index contributed by atoms with van der Waals surface area (Å²) in [7, 11) is 0. The van der Waals surface area contributed by atoms with Crippen LogP contribution in [0.4, 0.5) is 5.13 Å². The zero-order chi connectivity index (χ0) is 16.0. The second-order valence-corrected chi connectivity index (χ2v) is 6.15. The van der Waals surface area contributed by atoms with Crippen LogP contribution in [-0.2, 0) is 4.79 Å². The molecule has 118 valence electrons. The van der Waals surface area contributed by atoms with Crippen LogP contribution in [0, 0.1) is 16.0 Å². The van der Waals surface area contributed by atoms with Gasteiger partial charge in [0.05, 0.1) is 5.69 Å². The largest absolute Gasteiger partial charge is 0.454 e. The Balaban J connectivity index is 1.47. The lowest BCUT2D eigenvalue weighted by atomic mass is 10.1. The van der Waals surface area contributed by atoms with Crippen LogP contribution >= 0.6 is 11.3 Å². The fraction of sp³-hybridized carbons (Fsp3) is 0.286. The number of hydrogen-bond acceptors (Lipinski definition) is 7. The molecule has 1 aromatic heterocycles. The van der Waals surface area contributed by atoms with Crippen molar-refractivity contribution in [2.45, 2.75) is 12.5 Å². The van der Waals surface area contributed by atoms with Crippen LogP contribution in [0.5, 0.6) is 11.5 Å². The molecule has 2 atom stereocenters. The Hall–Kier alpha value is -2.68. The van der Waals surface area contributed by atoms with E-state index < -0.39 is 16.9 Å². The van der Waals surface area contributed by atoms with Gasteiger partial charge in [0.25, 0.3) is 0 Å². The second kappa shape index (κ2) is 5.20. The molecule has 0 radical (unpaired) electrons. The van der Waals surface area contributed by atoms with Gasteiger partial charge in [0.1, 0.15) is 5.92 Å². The highest BCUT2D eigenvalue weighted by Crippen LogP contribution is 2.37. The maximum atomic E-state index is 11.9. The molecule has 0 saturated heterocycles. The Morgan fingerprint density at radius 3 is 3.00 bits per heavy atom. The number of rotatable bonds is 4. The van der Waals surface area contributed by atoms with Crippen LogP contribution in [-0.4, -0.2) is 28.6 Å². The fourth-order valence-electron chi connectivity index (χ4n) is 2.41. The lowest BCUT2D eigenvalue weighted by molar-refractivity contribution is -0.497. The number of amides is 1. The Labute approximate surface area is 134 Å². The predicted octanol–water partition coefficient (Wildman–Crippen LogP) is 2.14. The minimum atomic E-state index is -0.761. The van der Waals surface area contributed by atoms with E-state index in [-0.39, 0.29) is 12.7 Å². The minimum absolute atomic E-state index is 0.205. The van der Waals surface area contributed by atoms with Gasteiger partial charge in [-0.25, -0.2) is 4.98 Å². The molecule has 1 amide bonds. The normalized spacial score (nSPS) is 21.0. The van der Waals surface area contributed by atoms with Crippen molar-refractivity contribution in [2.75, 3.05) is 12.1 Å². The highest BCUT2D eigenvalue weighted by atomic mass is 32.1. The first-order chi connectivity index (χ1) is 11.1. The van der Waals surface area contributed by atoms with E-state index in [4.69, 9.17) is 9.47 Å². The molecule has 2 aliphatic rings. The van der Waals surface area contributed by atoms with Crippen LogP contribution in [0.2, 0.25) is 0 Å². The molecule has 9 heteroatoms. The van der Waals surface area contributed by atoms with Gasteiger partial charge in [0.15, 0.2) is 16.6 Å². The third kappa shape index (κ3) is 2.59. The van der Waals surface area contributed by atoms with Gasteiger partial charge in [-0.3, -0.25) is 14.9 Å². The highest BCUT2D eigenvalue weighted by molar-refractivity contribution is 7.14. The molecule has 8 nitrogen and oxygen atoms in total. The van der Waals surface area contributed by atoms with E-state index in [1.165, 1.54) is 11.3 Å². The van der Waals surface area contributed by atoms with Crippen molar-refractivity contribution in [1.82, 2.24) is 4.98 Å². The summed E-state index contributed by atoms with van der Waals surface area (Å²) in [6, 6.07) is 4.73. The molecule has 23 heavy (non-hydrogen) atoms. The minimum Gasteiger partial charge on any atom is -0.454 e. The molecule has 1 aliphatic carbocycles. The zero-order valence-corrected chi connectivity index (χ0v) is 12.5. The molecule has 1 saturated carbocycles. The molecule has 2 heterocycles. The number of nitro groups is 1. The lowest BCUT2D eigenvalue weighted by Gasteiger charge is -2.00. The molecule has 1 fully saturated rings. The van der Waals surface area contributed by atoms with Crippen LogP contribution in [0.25, 0.3) is 11.3 Å². The number of aromatic nitrogens is 1. The van der Waals surface area contributed by atoms with Crippen LogP contribution in [0.1, 0.15) is 6.42 Å². The first-order valence-corrected chi connectivity index (χ1v) is 7.79. The van der Waals surface area contributed by atoms with Gasteiger partial charge < -0.3 is 14.8 Å². The molecule has 1 aliphatic heterocycles. The number of carbonyl (C=O) groups is 1. The summed E-state index contributed by atoms with van der Waals surface area (Å²) in [4.78, 5) is 26.4. The van der Waals surface area contributed by atoms with Gasteiger partial charge in [0, 0.05) is 22.3 Å². The van der Waals surface area contributed by atoms with Gasteiger partial charge in [-0.2, -0.15) is 0 Å². The molecule has 0 bridgehead atoms. The molecule has 1 N–H and O–H groups in total. The standard InChI is InChI=1S/C14H11N3O5S/c18-13(8-4-10(8)17(19)20)16-14-15-9(5-23-14)7-1-2-11-12(3-7)22-6-21-11/h1-3,5,8,10H,4,6H2,(H,15,16,18). The molecule has 2 aromatic rings. The topological polar surface area (TPSA) is 104 Å². The Kier molecular flexibility index (Phi) is 3.15. The Bertz CT molecular complexity index is 805. The SMILES string of the molecule is O=C(Nc1nc(-c2ccc3c(c2)OCO3)cs1)C1CC1[N+](=O)[O-]. The number of nitrogens with zero attached hydrogens (tertiary/aromatic N) is 2. The van der Waals surface area contributed by atoms with Crippen molar-refractivity contribution in [2.24, 2.45) is 5.92 Å². The van der Waals surface area contributed by atoms with Crippen molar-refractivity contribution < 1.29 is 19.2 Å². The second-order valence-electron chi connectivity index (χ2n) is 5.29. The van der Waals surface area contributed by atoms with Crippen molar-refractivity contribution in [3.05, 3.63) is 33.7 Å². The predicted molar refractivity (Wildman–Crippen MR) is 81.2 cm³/mol. The number of fused-ring (bicyclic) bond motifs is 1. The van der Waals surface area contributed by atoms with Gasteiger partial charge in [0.2, 0.25) is 18.7 Å². The summed E-state index contributed by atoms with van der Waals surface area (Å²) in [5.41, 5.74) is 1.55. The molecule has 1 aromatic carbocycles. The third-order valence-electron chi connectivity index (χ3n) is 3.77. The van der Waals surface area contributed by atoms with E-state index in [1.807, 2.05) is 17.5 Å². The van der Waals surface area contributed by atoms with Crippen molar-refractivity contribution in [3.8, 4) is 22.8 Å². The van der Waals surface area contributed by atoms with Gasteiger partial charge >= 0.3 is 0 Å². The van der Waals surface area contributed by atoms with Gasteiger partial charge in [-0.05, 0) is 18.2 Å². The van der Waals surface area contributed by atoms with Crippen molar-refractivity contribution in [1.29, 1.82) is 0 Å². The van der Waals surface area contributed by atoms with Gasteiger partial charge in [-0.1, -0.05) is 0 Å². The Morgan fingerprint density at radius 1 is 1.39 bits per heavy atom. The number of anilines is 1. The molecule has 0 spiro atoms. The van der Waals surface area contributed by atoms with Crippen molar-refractivity contribution >= 4 is 22.4 Å². The maximum Gasteiger partial charge on any atom is 0.236 e. The molecule has 4 rings (SSSR count). The number of hydrogen-bond donors (Lipinski definition) is 1. The molecule has 2 unspecified atom stereocenters. The summed E-state index contributed by atoms with van der Waals surface area (Å²) < 4.78 is 10.6. The van der Waals surface area contributed by atoms with E-state index in [2.05, 4.69) is 10.3 Å². The average Bonchev–Trinajstić information content (AvgIpc) is 2.99. The van der Waals surface area contributed by atoms with Crippen LogP contribution in [0.3, 0.4) is 0 Å². The maximum absolute atomic E-state index is 11.9. The quantitative estimate of drug-likeness (QED) is 0.679. The number of ether oxygens (including phenoxy) is 2. The first kappa shape index (κ1) is 13.9. The number of nitrogens with one attached hydrogen (secondary N) is 1. The van der Waals surface area contributed by atoms with E-state index in [0.29, 0.717) is 28.7 Å². The summed E-state index contributed by atoms with van der Waals surface area (Å²) in [6.45, 7) is 0.205. The first-order valence-electron chi connectivity index (χ1n) is 6.92. The lowest BCUT2D eigenvalue weighted by Crippen LogP contribution is -2.18. The van der Waals surface area contributed by atoms with E-state index in [9.17, 15) is 14.9 Å².